The maximum absolute atomic E-state index is 12.3. The predicted molar refractivity (Wildman–Crippen MR) is 202 cm³/mol. The summed E-state index contributed by atoms with van der Waals surface area (Å²) in [5.41, 5.74) is 0. The van der Waals surface area contributed by atoms with Gasteiger partial charge in [-0.3, -0.25) is 9.59 Å². The SMILES string of the molecule is CC(C)CCCCCCCCCCCCCCC(=O)OC[C@H](O)[C@H]1OC(=O)C(OC(=O)CCCCCCCCCCCCCCC(C)C)=C1O. The molecule has 1 aliphatic heterocycles. The Kier molecular flexibility index (Phi) is 28.0. The number of cyclic esters (lactones) is 1. The van der Waals surface area contributed by atoms with E-state index in [4.69, 9.17) is 14.2 Å². The third kappa shape index (κ3) is 25.0. The summed E-state index contributed by atoms with van der Waals surface area (Å²) in [6.45, 7) is 8.73. The molecule has 0 fully saturated rings. The van der Waals surface area contributed by atoms with Crippen LogP contribution in [-0.2, 0) is 28.6 Å². The van der Waals surface area contributed by atoms with Crippen LogP contribution in [-0.4, -0.2) is 46.9 Å². The van der Waals surface area contributed by atoms with Crippen LogP contribution in [0.2, 0.25) is 0 Å². The van der Waals surface area contributed by atoms with Crippen molar-refractivity contribution in [2.45, 2.75) is 220 Å². The molecule has 0 saturated heterocycles. The zero-order chi connectivity index (χ0) is 36.8. The minimum absolute atomic E-state index is 0.129. The lowest BCUT2D eigenvalue weighted by molar-refractivity contribution is -0.157. The lowest BCUT2D eigenvalue weighted by Gasteiger charge is -2.17. The van der Waals surface area contributed by atoms with Gasteiger partial charge < -0.3 is 24.4 Å². The zero-order valence-electron chi connectivity index (χ0n) is 32.7. The van der Waals surface area contributed by atoms with E-state index < -0.39 is 48.2 Å². The van der Waals surface area contributed by atoms with Crippen molar-refractivity contribution in [2.75, 3.05) is 6.61 Å². The average Bonchev–Trinajstić information content (AvgIpc) is 3.35. The summed E-state index contributed by atoms with van der Waals surface area (Å²) < 4.78 is 15.3. The van der Waals surface area contributed by atoms with Crippen LogP contribution in [0.1, 0.15) is 207 Å². The summed E-state index contributed by atoms with van der Waals surface area (Å²) in [4.78, 5) is 36.7. The first-order chi connectivity index (χ1) is 24.1. The van der Waals surface area contributed by atoms with E-state index in [0.717, 1.165) is 43.9 Å². The van der Waals surface area contributed by atoms with Gasteiger partial charge in [-0.15, -0.1) is 0 Å². The summed E-state index contributed by atoms with van der Waals surface area (Å²) in [5, 5.41) is 20.8. The molecular weight excluding hydrogens is 632 g/mol. The van der Waals surface area contributed by atoms with Gasteiger partial charge in [-0.1, -0.05) is 182 Å². The molecule has 8 nitrogen and oxygen atoms in total. The summed E-state index contributed by atoms with van der Waals surface area (Å²) >= 11 is 0. The standard InChI is InChI=1S/C42H76O8/c1-34(2)29-25-21-17-13-9-5-7-11-15-19-23-27-31-37(44)48-33-36(43)40-39(46)41(42(47)50-40)49-38(45)32-28-24-20-16-12-8-6-10-14-18-22-26-30-35(3)4/h34-36,40,43,46H,5-33H2,1-4H3/t36-,40+/m0/s1. The number of hydrogen-bond acceptors (Lipinski definition) is 8. The molecule has 8 heteroatoms. The molecule has 0 radical (unpaired) electrons. The molecule has 0 unspecified atom stereocenters. The van der Waals surface area contributed by atoms with Crippen molar-refractivity contribution in [1.82, 2.24) is 0 Å². The van der Waals surface area contributed by atoms with Gasteiger partial charge in [-0.05, 0) is 24.7 Å². The van der Waals surface area contributed by atoms with Gasteiger partial charge in [0.05, 0.1) is 0 Å². The first kappa shape index (κ1) is 45.9. The molecular formula is C42H76O8. The highest BCUT2D eigenvalue weighted by Gasteiger charge is 2.42. The van der Waals surface area contributed by atoms with Crippen LogP contribution in [0.25, 0.3) is 0 Å². The molecule has 0 spiro atoms. The topological polar surface area (TPSA) is 119 Å². The molecule has 0 aromatic heterocycles. The molecule has 0 aliphatic carbocycles. The molecule has 2 N–H and O–H groups in total. The summed E-state index contributed by atoms with van der Waals surface area (Å²) in [6, 6.07) is 0. The van der Waals surface area contributed by atoms with E-state index >= 15 is 0 Å². The summed E-state index contributed by atoms with van der Waals surface area (Å²) in [6.07, 6.45) is 28.9. The minimum atomic E-state index is -1.46. The number of aliphatic hydroxyl groups is 2. The van der Waals surface area contributed by atoms with Crippen molar-refractivity contribution in [3.8, 4) is 0 Å². The Morgan fingerprint density at radius 3 is 1.30 bits per heavy atom. The number of carbonyl (C=O) groups excluding carboxylic acids is 3. The number of carbonyl (C=O) groups is 3. The Labute approximate surface area is 305 Å². The highest BCUT2D eigenvalue weighted by Crippen LogP contribution is 2.25. The Morgan fingerprint density at radius 1 is 0.580 bits per heavy atom. The Balaban J connectivity index is 2.06. The lowest BCUT2D eigenvalue weighted by atomic mass is 10.0. The van der Waals surface area contributed by atoms with Gasteiger partial charge in [0.15, 0.2) is 11.9 Å². The number of rotatable bonds is 34. The van der Waals surface area contributed by atoms with E-state index in [9.17, 15) is 24.6 Å². The number of esters is 3. The first-order valence-electron chi connectivity index (χ1n) is 20.8. The predicted octanol–water partition coefficient (Wildman–Crippen LogP) is 11.4. The maximum atomic E-state index is 12.3. The highest BCUT2D eigenvalue weighted by atomic mass is 16.6. The summed E-state index contributed by atoms with van der Waals surface area (Å²) in [5.74, 6) is -1.70. The van der Waals surface area contributed by atoms with E-state index in [1.165, 1.54) is 122 Å². The minimum Gasteiger partial charge on any atom is -0.505 e. The fraction of sp³-hybridized carbons (Fsp3) is 0.881. The van der Waals surface area contributed by atoms with Crippen LogP contribution in [0, 0.1) is 11.8 Å². The number of unbranched alkanes of at least 4 members (excludes halogenated alkanes) is 22. The van der Waals surface area contributed by atoms with Crippen LogP contribution in [0.3, 0.4) is 0 Å². The van der Waals surface area contributed by atoms with Crippen molar-refractivity contribution >= 4 is 17.9 Å². The molecule has 0 aromatic carbocycles. The molecule has 1 heterocycles. The molecule has 1 aliphatic rings. The second kappa shape index (κ2) is 30.5. The zero-order valence-corrected chi connectivity index (χ0v) is 32.7. The van der Waals surface area contributed by atoms with Crippen LogP contribution >= 0.6 is 0 Å². The molecule has 0 bridgehead atoms. The van der Waals surface area contributed by atoms with Crippen molar-refractivity contribution in [3.05, 3.63) is 11.5 Å². The van der Waals surface area contributed by atoms with Gasteiger partial charge in [0.25, 0.3) is 5.76 Å². The molecule has 0 saturated carbocycles. The van der Waals surface area contributed by atoms with Crippen molar-refractivity contribution in [1.29, 1.82) is 0 Å². The molecule has 292 valence electrons. The van der Waals surface area contributed by atoms with Crippen molar-refractivity contribution in [3.63, 3.8) is 0 Å². The van der Waals surface area contributed by atoms with Gasteiger partial charge in [-0.25, -0.2) is 4.79 Å². The second-order valence-corrected chi connectivity index (χ2v) is 15.6. The van der Waals surface area contributed by atoms with Gasteiger partial charge in [-0.2, -0.15) is 0 Å². The Bertz CT molecular complexity index is 911. The van der Waals surface area contributed by atoms with Gasteiger partial charge in [0, 0.05) is 12.8 Å². The Morgan fingerprint density at radius 2 is 0.920 bits per heavy atom. The molecule has 1 rings (SSSR count). The van der Waals surface area contributed by atoms with Gasteiger partial charge in [0.2, 0.25) is 0 Å². The third-order valence-electron chi connectivity index (χ3n) is 9.73. The first-order valence-corrected chi connectivity index (χ1v) is 20.8. The quantitative estimate of drug-likeness (QED) is 0.0385. The van der Waals surface area contributed by atoms with Crippen LogP contribution < -0.4 is 0 Å². The monoisotopic (exact) mass is 709 g/mol. The smallest absolute Gasteiger partial charge is 0.378 e. The third-order valence-corrected chi connectivity index (χ3v) is 9.73. The van der Waals surface area contributed by atoms with E-state index in [1.54, 1.807) is 0 Å². The maximum Gasteiger partial charge on any atom is 0.378 e. The lowest BCUT2D eigenvalue weighted by Crippen LogP contribution is -2.33. The number of hydrogen-bond donors (Lipinski definition) is 2. The second-order valence-electron chi connectivity index (χ2n) is 15.6. The van der Waals surface area contributed by atoms with Crippen LogP contribution in [0.5, 0.6) is 0 Å². The fourth-order valence-electron chi connectivity index (χ4n) is 6.50. The van der Waals surface area contributed by atoms with E-state index in [0.29, 0.717) is 12.8 Å². The van der Waals surface area contributed by atoms with Crippen LogP contribution in [0.4, 0.5) is 0 Å². The summed E-state index contributed by atoms with van der Waals surface area (Å²) in [7, 11) is 0. The fourth-order valence-corrected chi connectivity index (χ4v) is 6.50. The normalized spacial score (nSPS) is 15.3. The molecule has 2 atom stereocenters. The Hall–Kier alpha value is -2.09. The number of aliphatic hydroxyl groups excluding tert-OH is 2. The van der Waals surface area contributed by atoms with Crippen LogP contribution in [0.15, 0.2) is 11.5 Å². The van der Waals surface area contributed by atoms with Crippen molar-refractivity contribution < 1.29 is 38.8 Å². The molecule has 0 aromatic rings. The molecule has 50 heavy (non-hydrogen) atoms. The number of ether oxygens (including phenoxy) is 3. The van der Waals surface area contributed by atoms with E-state index in [2.05, 4.69) is 27.7 Å². The van der Waals surface area contributed by atoms with Gasteiger partial charge in [0.1, 0.15) is 12.7 Å². The van der Waals surface area contributed by atoms with E-state index in [-0.39, 0.29) is 12.8 Å². The average molecular weight is 709 g/mol. The largest absolute Gasteiger partial charge is 0.505 e. The van der Waals surface area contributed by atoms with Gasteiger partial charge >= 0.3 is 17.9 Å². The van der Waals surface area contributed by atoms with Crippen molar-refractivity contribution in [2.24, 2.45) is 11.8 Å². The highest BCUT2D eigenvalue weighted by molar-refractivity contribution is 5.92. The molecule has 0 amide bonds. The van der Waals surface area contributed by atoms with E-state index in [1.807, 2.05) is 0 Å².